The van der Waals surface area contributed by atoms with Gasteiger partial charge in [0.15, 0.2) is 0 Å². The molecule has 0 amide bonds. The van der Waals surface area contributed by atoms with E-state index in [2.05, 4.69) is 19.9 Å². The van der Waals surface area contributed by atoms with Gasteiger partial charge in [0.05, 0.1) is 32.9 Å². The molecule has 0 aromatic carbocycles. The van der Waals surface area contributed by atoms with Crippen molar-refractivity contribution in [3.63, 3.8) is 0 Å². The van der Waals surface area contributed by atoms with Gasteiger partial charge in [-0.05, 0) is 48.5 Å². The first kappa shape index (κ1) is 28.7. The SMILES string of the molecule is O=[N+]([O-])[O-].O=[N+]([O-])[O-].[Ag+2].c1ccc(-c2ccccn2)nc1.c1ccc(-c2ccccn2)nc1. The van der Waals surface area contributed by atoms with Gasteiger partial charge in [-0.1, -0.05) is 24.3 Å². The zero-order chi connectivity index (χ0) is 23.6. The van der Waals surface area contributed by atoms with Crippen LogP contribution in [-0.4, -0.2) is 30.1 Å². The van der Waals surface area contributed by atoms with Crippen molar-refractivity contribution >= 4 is 0 Å². The Labute approximate surface area is 203 Å². The van der Waals surface area contributed by atoms with Crippen LogP contribution in [0.2, 0.25) is 0 Å². The Bertz CT molecular complexity index is 878. The quantitative estimate of drug-likeness (QED) is 0.204. The van der Waals surface area contributed by atoms with E-state index >= 15 is 0 Å². The van der Waals surface area contributed by atoms with Crippen LogP contribution < -0.4 is 0 Å². The van der Waals surface area contributed by atoms with E-state index in [1.54, 1.807) is 24.8 Å². The van der Waals surface area contributed by atoms with Gasteiger partial charge in [0.25, 0.3) is 0 Å². The standard InChI is InChI=1S/2C10H8N2.Ag.2NO3/c2*1-3-7-11-9(5-1)10-6-2-4-8-12-10;;2*2-1(3)4/h2*1-8H;;;/q;;+2;2*-1. The third kappa shape index (κ3) is 14.4. The molecule has 173 valence electrons. The number of hydrogen-bond donors (Lipinski definition) is 0. The first-order valence-electron chi connectivity index (χ1n) is 8.68. The topological polar surface area (TPSA) is 184 Å². The van der Waals surface area contributed by atoms with Gasteiger partial charge in [-0.15, -0.1) is 0 Å². The third-order valence-electron chi connectivity index (χ3n) is 3.18. The number of rotatable bonds is 2. The maximum atomic E-state index is 8.25. The molecule has 4 heterocycles. The van der Waals surface area contributed by atoms with Crippen molar-refractivity contribution < 1.29 is 32.6 Å². The van der Waals surface area contributed by atoms with E-state index in [9.17, 15) is 0 Å². The maximum Gasteiger partial charge on any atom is 2.00 e. The fourth-order valence-corrected chi connectivity index (χ4v) is 2.06. The van der Waals surface area contributed by atoms with E-state index < -0.39 is 10.2 Å². The molecule has 12 nitrogen and oxygen atoms in total. The van der Waals surface area contributed by atoms with Crippen LogP contribution in [0.25, 0.3) is 22.8 Å². The van der Waals surface area contributed by atoms with Crippen molar-refractivity contribution in [1.29, 1.82) is 0 Å². The summed E-state index contributed by atoms with van der Waals surface area (Å²) in [7, 11) is 0. The van der Waals surface area contributed by atoms with Gasteiger partial charge in [-0.2, -0.15) is 0 Å². The molecule has 0 aliphatic carbocycles. The van der Waals surface area contributed by atoms with Crippen LogP contribution in [0.5, 0.6) is 0 Å². The number of hydrogen-bond acceptors (Lipinski definition) is 10. The van der Waals surface area contributed by atoms with Gasteiger partial charge in [0.1, 0.15) is 0 Å². The second-order valence-electron chi connectivity index (χ2n) is 5.31. The zero-order valence-electron chi connectivity index (χ0n) is 16.7. The third-order valence-corrected chi connectivity index (χ3v) is 3.18. The smallest absolute Gasteiger partial charge is 0.356 e. The molecule has 0 fully saturated rings. The molecular formula is C20H16AgN6O6. The normalized spacial score (nSPS) is 8.48. The monoisotopic (exact) mass is 543 g/mol. The Hall–Kier alpha value is -4.26. The maximum absolute atomic E-state index is 8.25. The predicted octanol–water partition coefficient (Wildman–Crippen LogP) is 3.81. The minimum Gasteiger partial charge on any atom is -0.356 e. The second kappa shape index (κ2) is 17.4. The van der Waals surface area contributed by atoms with Crippen LogP contribution in [0.1, 0.15) is 0 Å². The van der Waals surface area contributed by atoms with Crippen molar-refractivity contribution in [1.82, 2.24) is 19.9 Å². The molecule has 33 heavy (non-hydrogen) atoms. The molecule has 0 atom stereocenters. The Morgan fingerprint density at radius 1 is 0.455 bits per heavy atom. The Kier molecular flexibility index (Phi) is 15.2. The van der Waals surface area contributed by atoms with Gasteiger partial charge in [0, 0.05) is 24.8 Å². The summed E-state index contributed by atoms with van der Waals surface area (Å²) >= 11 is 0. The van der Waals surface area contributed by atoms with E-state index in [0.717, 1.165) is 22.8 Å². The van der Waals surface area contributed by atoms with Crippen LogP contribution in [-0.2, 0) is 22.4 Å². The fraction of sp³-hybridized carbons (Fsp3) is 0. The molecule has 1 radical (unpaired) electrons. The van der Waals surface area contributed by atoms with Crippen LogP contribution in [0.15, 0.2) is 97.6 Å². The molecule has 0 bridgehead atoms. The number of pyridine rings is 4. The first-order chi connectivity index (χ1) is 15.4. The molecule has 0 aliphatic rings. The van der Waals surface area contributed by atoms with E-state index in [4.69, 9.17) is 30.6 Å². The Balaban J connectivity index is 0.000000462. The van der Waals surface area contributed by atoms with Crippen molar-refractivity contribution in [2.45, 2.75) is 0 Å². The molecule has 0 saturated heterocycles. The van der Waals surface area contributed by atoms with Crippen LogP contribution in [0, 0.1) is 30.6 Å². The molecule has 13 heteroatoms. The molecule has 0 saturated carbocycles. The molecule has 0 aliphatic heterocycles. The molecule has 0 unspecified atom stereocenters. The number of aromatic nitrogens is 4. The molecule has 4 aromatic rings. The van der Waals surface area contributed by atoms with Gasteiger partial charge >= 0.3 is 22.4 Å². The van der Waals surface area contributed by atoms with Crippen molar-refractivity contribution in [3.8, 4) is 22.8 Å². The van der Waals surface area contributed by atoms with Gasteiger partial charge in [0.2, 0.25) is 0 Å². The number of nitrogens with zero attached hydrogens (tertiary/aromatic N) is 6. The van der Waals surface area contributed by atoms with E-state index in [0.29, 0.717) is 0 Å². The van der Waals surface area contributed by atoms with Crippen LogP contribution in [0.4, 0.5) is 0 Å². The average Bonchev–Trinajstić information content (AvgIpc) is 2.81. The fourth-order valence-electron chi connectivity index (χ4n) is 2.06. The van der Waals surface area contributed by atoms with Crippen LogP contribution >= 0.6 is 0 Å². The summed E-state index contributed by atoms with van der Waals surface area (Å²) < 4.78 is 0. The summed E-state index contributed by atoms with van der Waals surface area (Å²) in [6.07, 6.45) is 7.07. The Morgan fingerprint density at radius 3 is 0.758 bits per heavy atom. The average molecular weight is 544 g/mol. The van der Waals surface area contributed by atoms with Crippen molar-refractivity contribution in [3.05, 3.63) is 128 Å². The Morgan fingerprint density at radius 2 is 0.636 bits per heavy atom. The predicted molar refractivity (Wildman–Crippen MR) is 116 cm³/mol. The minimum atomic E-state index is -1.75. The molecule has 0 spiro atoms. The summed E-state index contributed by atoms with van der Waals surface area (Å²) in [6.45, 7) is 0. The summed E-state index contributed by atoms with van der Waals surface area (Å²) in [4.78, 5) is 33.2. The molecule has 0 N–H and O–H groups in total. The zero-order valence-corrected chi connectivity index (χ0v) is 18.2. The summed E-state index contributed by atoms with van der Waals surface area (Å²) in [5, 5.41) is 29.5. The van der Waals surface area contributed by atoms with E-state index in [1.807, 2.05) is 72.8 Å². The van der Waals surface area contributed by atoms with Gasteiger partial charge < -0.3 is 30.6 Å². The van der Waals surface area contributed by atoms with E-state index in [-0.39, 0.29) is 22.4 Å². The second-order valence-corrected chi connectivity index (χ2v) is 5.31. The summed E-state index contributed by atoms with van der Waals surface area (Å²) in [5.41, 5.74) is 3.66. The largest absolute Gasteiger partial charge is 2.00 e. The van der Waals surface area contributed by atoms with Crippen LogP contribution in [0.3, 0.4) is 0 Å². The first-order valence-corrected chi connectivity index (χ1v) is 8.68. The molecule has 4 rings (SSSR count). The summed E-state index contributed by atoms with van der Waals surface area (Å²) in [6, 6.07) is 23.2. The van der Waals surface area contributed by atoms with E-state index in [1.165, 1.54) is 0 Å². The van der Waals surface area contributed by atoms with Crippen molar-refractivity contribution in [2.24, 2.45) is 0 Å². The summed E-state index contributed by atoms with van der Waals surface area (Å²) in [5.74, 6) is 0. The molecular weight excluding hydrogens is 528 g/mol. The minimum absolute atomic E-state index is 0. The van der Waals surface area contributed by atoms with Gasteiger partial charge in [-0.25, -0.2) is 0 Å². The molecule has 4 aromatic heterocycles. The van der Waals surface area contributed by atoms with Crippen molar-refractivity contribution in [2.75, 3.05) is 0 Å². The van der Waals surface area contributed by atoms with Gasteiger partial charge in [-0.3, -0.25) is 19.9 Å².